The van der Waals surface area contributed by atoms with Gasteiger partial charge in [0.25, 0.3) is 0 Å². The minimum Gasteiger partial charge on any atom is -0.380 e. The van der Waals surface area contributed by atoms with E-state index >= 15 is 0 Å². The van der Waals surface area contributed by atoms with Crippen LogP contribution in [0, 0.1) is 11.8 Å². The molecule has 16 heavy (non-hydrogen) atoms. The summed E-state index contributed by atoms with van der Waals surface area (Å²) in [6, 6.07) is 0. The Morgan fingerprint density at radius 2 is 2.06 bits per heavy atom. The molecule has 0 radical (unpaired) electrons. The number of methoxy groups -OCH3 is 1. The number of nitrogens with zero attached hydrogens (tertiary/aromatic N) is 1. The molecule has 2 unspecified atom stereocenters. The van der Waals surface area contributed by atoms with Crippen molar-refractivity contribution in [2.45, 2.75) is 52.6 Å². The first-order valence-corrected chi connectivity index (χ1v) is 6.87. The molecule has 1 heterocycles. The smallest absolute Gasteiger partial charge is 0.0698 e. The Hall–Kier alpha value is -0.0800. The first-order valence-electron chi connectivity index (χ1n) is 6.87. The highest BCUT2D eigenvalue weighted by atomic mass is 16.5. The molecule has 1 fully saturated rings. The van der Waals surface area contributed by atoms with E-state index in [4.69, 9.17) is 4.74 Å². The van der Waals surface area contributed by atoms with Gasteiger partial charge in [0.2, 0.25) is 0 Å². The Bertz CT molecular complexity index is 182. The maximum absolute atomic E-state index is 5.60. The van der Waals surface area contributed by atoms with Crippen LogP contribution in [0.2, 0.25) is 0 Å². The number of rotatable bonds is 6. The molecule has 2 nitrogen and oxygen atoms in total. The molecule has 2 heteroatoms. The van der Waals surface area contributed by atoms with Gasteiger partial charge in [-0.2, -0.15) is 0 Å². The highest BCUT2D eigenvalue weighted by Gasteiger charge is 2.19. The fourth-order valence-corrected chi connectivity index (χ4v) is 2.54. The van der Waals surface area contributed by atoms with E-state index in [9.17, 15) is 0 Å². The number of hydrogen-bond donors (Lipinski definition) is 0. The third kappa shape index (κ3) is 5.31. The molecule has 1 aliphatic rings. The van der Waals surface area contributed by atoms with Crippen LogP contribution in [0.5, 0.6) is 0 Å². The number of ether oxygens (including phenoxy) is 1. The van der Waals surface area contributed by atoms with Crippen LogP contribution in [0.1, 0.15) is 46.5 Å². The van der Waals surface area contributed by atoms with Crippen molar-refractivity contribution in [2.75, 3.05) is 26.7 Å². The lowest BCUT2D eigenvalue weighted by Crippen LogP contribution is -2.40. The molecule has 0 aliphatic carbocycles. The molecule has 0 saturated carbocycles. The minimum absolute atomic E-state index is 0.438. The normalized spacial score (nSPS) is 24.9. The van der Waals surface area contributed by atoms with Gasteiger partial charge in [0.15, 0.2) is 0 Å². The van der Waals surface area contributed by atoms with E-state index < -0.39 is 0 Å². The standard InChI is InChI=1S/C14H29NO/c1-12(2)7-8-14(16-4)11-15-9-5-6-13(3)10-15/h12-14H,5-11H2,1-4H3. The fourth-order valence-electron chi connectivity index (χ4n) is 2.54. The lowest BCUT2D eigenvalue weighted by atomic mass is 9.99. The summed E-state index contributed by atoms with van der Waals surface area (Å²) in [5.74, 6) is 1.66. The molecule has 0 amide bonds. The molecular formula is C14H29NO. The summed E-state index contributed by atoms with van der Waals surface area (Å²) in [6.07, 6.45) is 5.69. The van der Waals surface area contributed by atoms with E-state index in [0.717, 1.165) is 18.4 Å². The molecular weight excluding hydrogens is 198 g/mol. The van der Waals surface area contributed by atoms with Crippen molar-refractivity contribution >= 4 is 0 Å². The van der Waals surface area contributed by atoms with E-state index in [-0.39, 0.29) is 0 Å². The van der Waals surface area contributed by atoms with Crippen molar-refractivity contribution in [3.8, 4) is 0 Å². The molecule has 1 saturated heterocycles. The van der Waals surface area contributed by atoms with Crippen LogP contribution < -0.4 is 0 Å². The van der Waals surface area contributed by atoms with Gasteiger partial charge in [-0.1, -0.05) is 20.8 Å². The zero-order chi connectivity index (χ0) is 12.0. The third-order valence-electron chi connectivity index (χ3n) is 3.60. The number of hydrogen-bond acceptors (Lipinski definition) is 2. The Kier molecular flexibility index (Phi) is 6.37. The highest BCUT2D eigenvalue weighted by Crippen LogP contribution is 2.17. The first-order chi connectivity index (χ1) is 7.61. The Morgan fingerprint density at radius 1 is 1.31 bits per heavy atom. The molecule has 96 valence electrons. The SMILES string of the molecule is COC(CCC(C)C)CN1CCCC(C)C1. The van der Waals surface area contributed by atoms with Gasteiger partial charge in [-0.25, -0.2) is 0 Å². The predicted octanol–water partition coefficient (Wildman–Crippen LogP) is 3.17. The summed E-state index contributed by atoms with van der Waals surface area (Å²) in [5.41, 5.74) is 0. The van der Waals surface area contributed by atoms with Crippen LogP contribution in [0.4, 0.5) is 0 Å². The summed E-state index contributed by atoms with van der Waals surface area (Å²) in [5, 5.41) is 0. The van der Waals surface area contributed by atoms with Crippen LogP contribution in [0.3, 0.4) is 0 Å². The van der Waals surface area contributed by atoms with Crippen molar-refractivity contribution in [1.82, 2.24) is 4.90 Å². The summed E-state index contributed by atoms with van der Waals surface area (Å²) in [6.45, 7) is 10.6. The molecule has 2 atom stereocenters. The Labute approximate surface area is 101 Å². The fraction of sp³-hybridized carbons (Fsp3) is 1.00. The molecule has 0 aromatic heterocycles. The van der Waals surface area contributed by atoms with E-state index in [1.807, 2.05) is 7.11 Å². The van der Waals surface area contributed by atoms with Gasteiger partial charge in [-0.3, -0.25) is 0 Å². The molecule has 0 N–H and O–H groups in total. The number of piperidine rings is 1. The largest absolute Gasteiger partial charge is 0.380 e. The average Bonchev–Trinajstić information content (AvgIpc) is 2.24. The highest BCUT2D eigenvalue weighted by molar-refractivity contribution is 4.73. The third-order valence-corrected chi connectivity index (χ3v) is 3.60. The zero-order valence-corrected chi connectivity index (χ0v) is 11.5. The molecule has 0 bridgehead atoms. The molecule has 0 aromatic carbocycles. The molecule has 1 rings (SSSR count). The van der Waals surface area contributed by atoms with Gasteiger partial charge >= 0.3 is 0 Å². The van der Waals surface area contributed by atoms with Gasteiger partial charge in [-0.05, 0) is 44.1 Å². The average molecular weight is 227 g/mol. The van der Waals surface area contributed by atoms with E-state index in [1.54, 1.807) is 0 Å². The van der Waals surface area contributed by atoms with Gasteiger partial charge in [0.05, 0.1) is 6.10 Å². The second-order valence-corrected chi connectivity index (χ2v) is 5.84. The maximum atomic E-state index is 5.60. The van der Waals surface area contributed by atoms with E-state index in [1.165, 1.54) is 38.8 Å². The molecule has 0 spiro atoms. The van der Waals surface area contributed by atoms with Gasteiger partial charge in [0, 0.05) is 20.2 Å². The molecule has 0 aromatic rings. The zero-order valence-electron chi connectivity index (χ0n) is 11.5. The Morgan fingerprint density at radius 3 is 2.62 bits per heavy atom. The lowest BCUT2D eigenvalue weighted by molar-refractivity contribution is 0.0415. The monoisotopic (exact) mass is 227 g/mol. The second-order valence-electron chi connectivity index (χ2n) is 5.84. The van der Waals surface area contributed by atoms with Crippen molar-refractivity contribution in [3.63, 3.8) is 0 Å². The van der Waals surface area contributed by atoms with E-state index in [2.05, 4.69) is 25.7 Å². The van der Waals surface area contributed by atoms with Crippen molar-refractivity contribution in [3.05, 3.63) is 0 Å². The Balaban J connectivity index is 2.25. The topological polar surface area (TPSA) is 12.5 Å². The summed E-state index contributed by atoms with van der Waals surface area (Å²) >= 11 is 0. The van der Waals surface area contributed by atoms with Crippen LogP contribution in [0.25, 0.3) is 0 Å². The van der Waals surface area contributed by atoms with Crippen LogP contribution in [-0.2, 0) is 4.74 Å². The molecule has 1 aliphatic heterocycles. The van der Waals surface area contributed by atoms with Gasteiger partial charge < -0.3 is 9.64 Å². The van der Waals surface area contributed by atoms with Gasteiger partial charge in [0.1, 0.15) is 0 Å². The van der Waals surface area contributed by atoms with E-state index in [0.29, 0.717) is 6.10 Å². The number of likely N-dealkylation sites (tertiary alicyclic amines) is 1. The van der Waals surface area contributed by atoms with Crippen molar-refractivity contribution in [2.24, 2.45) is 11.8 Å². The lowest BCUT2D eigenvalue weighted by Gasteiger charge is -2.33. The summed E-state index contributed by atoms with van der Waals surface area (Å²) < 4.78 is 5.60. The van der Waals surface area contributed by atoms with Crippen LogP contribution in [0.15, 0.2) is 0 Å². The predicted molar refractivity (Wildman–Crippen MR) is 69.7 cm³/mol. The maximum Gasteiger partial charge on any atom is 0.0698 e. The van der Waals surface area contributed by atoms with Crippen LogP contribution in [-0.4, -0.2) is 37.7 Å². The minimum atomic E-state index is 0.438. The summed E-state index contributed by atoms with van der Waals surface area (Å²) in [7, 11) is 1.86. The second kappa shape index (κ2) is 7.29. The van der Waals surface area contributed by atoms with Crippen molar-refractivity contribution < 1.29 is 4.74 Å². The quantitative estimate of drug-likeness (QED) is 0.691. The first kappa shape index (κ1) is 14.0. The summed E-state index contributed by atoms with van der Waals surface area (Å²) in [4.78, 5) is 2.59. The van der Waals surface area contributed by atoms with Crippen molar-refractivity contribution in [1.29, 1.82) is 0 Å². The van der Waals surface area contributed by atoms with Gasteiger partial charge in [-0.15, -0.1) is 0 Å². The van der Waals surface area contributed by atoms with Crippen LogP contribution >= 0.6 is 0 Å².